The fourth-order valence-corrected chi connectivity index (χ4v) is 3.12. The molecule has 0 N–H and O–H groups in total. The van der Waals surface area contributed by atoms with Crippen molar-refractivity contribution in [1.82, 2.24) is 0 Å². The van der Waals surface area contributed by atoms with Gasteiger partial charge in [-0.05, 0) is 37.1 Å². The average molecular weight is 340 g/mol. The first kappa shape index (κ1) is 18.0. The smallest absolute Gasteiger partial charge is 0.341 e. The Kier molecular flexibility index (Phi) is 6.82. The van der Waals surface area contributed by atoms with E-state index in [1.807, 2.05) is 42.5 Å². The highest BCUT2D eigenvalue weighted by Gasteiger charge is 2.16. The molecule has 0 spiro atoms. The zero-order valence-electron chi connectivity index (χ0n) is 13.8. The Bertz CT molecular complexity index is 736. The summed E-state index contributed by atoms with van der Waals surface area (Å²) in [6.45, 7) is 3.34. The van der Waals surface area contributed by atoms with Crippen LogP contribution in [0.3, 0.4) is 0 Å². The van der Waals surface area contributed by atoms with Crippen molar-refractivity contribution >= 4 is 29.6 Å². The molecule has 0 amide bonds. The van der Waals surface area contributed by atoms with Gasteiger partial charge in [0.05, 0.1) is 6.61 Å². The van der Waals surface area contributed by atoms with Gasteiger partial charge in [-0.3, -0.25) is 4.79 Å². The lowest BCUT2D eigenvalue weighted by Gasteiger charge is -2.08. The van der Waals surface area contributed by atoms with Gasteiger partial charge in [0, 0.05) is 10.6 Å². The zero-order chi connectivity index (χ0) is 17.4. The molecule has 0 bridgehead atoms. The summed E-state index contributed by atoms with van der Waals surface area (Å²) in [7, 11) is 0. The number of benzene rings is 2. The molecule has 0 aromatic heterocycles. The molecule has 24 heavy (non-hydrogen) atoms. The number of ether oxygens (including phenoxy) is 1. The molecule has 124 valence electrons. The second-order valence-electron chi connectivity index (χ2n) is 5.15. The first-order chi connectivity index (χ1) is 11.6. The van der Waals surface area contributed by atoms with E-state index in [-0.39, 0.29) is 18.0 Å². The van der Waals surface area contributed by atoms with Crippen molar-refractivity contribution in [3.05, 3.63) is 71.3 Å². The number of hydrogen-bond acceptors (Lipinski definition) is 4. The maximum absolute atomic E-state index is 12.0. The normalized spacial score (nSPS) is 11.2. The summed E-state index contributed by atoms with van der Waals surface area (Å²) < 4.78 is 4.97. The van der Waals surface area contributed by atoms with Crippen LogP contribution in [-0.2, 0) is 20.1 Å². The van der Waals surface area contributed by atoms with Gasteiger partial charge in [0.2, 0.25) is 0 Å². The molecule has 2 aromatic rings. The molecule has 0 radical (unpaired) electrons. The molecule has 0 aliphatic rings. The largest absolute Gasteiger partial charge is 0.462 e. The lowest BCUT2D eigenvalue weighted by molar-refractivity contribution is -0.139. The summed E-state index contributed by atoms with van der Waals surface area (Å²) in [5, 5.41) is 0. The highest BCUT2D eigenvalue weighted by molar-refractivity contribution is 7.98. The van der Waals surface area contributed by atoms with Gasteiger partial charge in [0.25, 0.3) is 0 Å². The molecular weight excluding hydrogens is 320 g/mol. The van der Waals surface area contributed by atoms with E-state index in [0.717, 1.165) is 16.2 Å². The standard InChI is InChI=1S/C20H20O3S/c1-3-23-20(22)18(15(2)21)13-17-11-7-8-12-19(17)24-14-16-9-5-4-6-10-16/h4-13H,3,14H2,1-2H3/b18-13+. The van der Waals surface area contributed by atoms with Crippen LogP contribution in [0.4, 0.5) is 0 Å². The summed E-state index contributed by atoms with van der Waals surface area (Å²) in [5.74, 6) is -0.0512. The van der Waals surface area contributed by atoms with Crippen molar-refractivity contribution in [3.8, 4) is 0 Å². The molecule has 0 atom stereocenters. The van der Waals surface area contributed by atoms with Gasteiger partial charge < -0.3 is 4.74 Å². The SMILES string of the molecule is CCOC(=O)/C(=C/c1ccccc1SCc1ccccc1)C(C)=O. The predicted octanol–water partition coefficient (Wildman–Crippen LogP) is 4.51. The number of hydrogen-bond donors (Lipinski definition) is 0. The second kappa shape index (κ2) is 9.08. The first-order valence-corrected chi connectivity index (χ1v) is 8.76. The van der Waals surface area contributed by atoms with Crippen molar-refractivity contribution < 1.29 is 14.3 Å². The lowest BCUT2D eigenvalue weighted by Crippen LogP contribution is -2.13. The first-order valence-electron chi connectivity index (χ1n) is 7.77. The number of thioether (sulfide) groups is 1. The Morgan fingerprint density at radius 3 is 2.38 bits per heavy atom. The average Bonchev–Trinajstić information content (AvgIpc) is 2.59. The highest BCUT2D eigenvalue weighted by Crippen LogP contribution is 2.28. The minimum atomic E-state index is -0.576. The molecule has 0 heterocycles. The summed E-state index contributed by atoms with van der Waals surface area (Å²) >= 11 is 1.67. The van der Waals surface area contributed by atoms with E-state index in [2.05, 4.69) is 12.1 Å². The van der Waals surface area contributed by atoms with Crippen LogP contribution in [0.1, 0.15) is 25.0 Å². The number of esters is 1. The van der Waals surface area contributed by atoms with Gasteiger partial charge in [-0.15, -0.1) is 11.8 Å². The molecule has 0 aliphatic heterocycles. The molecule has 2 rings (SSSR count). The van der Waals surface area contributed by atoms with Gasteiger partial charge in [0.15, 0.2) is 5.78 Å². The number of ketones is 1. The number of Topliss-reactive ketones (excluding diaryl/α,β-unsaturated/α-hetero) is 1. The van der Waals surface area contributed by atoms with Crippen LogP contribution < -0.4 is 0 Å². The van der Waals surface area contributed by atoms with Crippen LogP contribution >= 0.6 is 11.8 Å². The van der Waals surface area contributed by atoms with E-state index >= 15 is 0 Å². The maximum Gasteiger partial charge on any atom is 0.341 e. The third-order valence-electron chi connectivity index (χ3n) is 3.33. The van der Waals surface area contributed by atoms with E-state index in [4.69, 9.17) is 4.74 Å². The van der Waals surface area contributed by atoms with Crippen molar-refractivity contribution in [2.45, 2.75) is 24.5 Å². The third kappa shape index (κ3) is 5.10. The third-order valence-corrected chi connectivity index (χ3v) is 4.49. The molecule has 4 heteroatoms. The van der Waals surface area contributed by atoms with Crippen molar-refractivity contribution in [2.24, 2.45) is 0 Å². The van der Waals surface area contributed by atoms with Crippen molar-refractivity contribution in [2.75, 3.05) is 6.61 Å². The summed E-state index contributed by atoms with van der Waals surface area (Å²) in [4.78, 5) is 24.8. The lowest BCUT2D eigenvalue weighted by atomic mass is 10.1. The molecule has 2 aromatic carbocycles. The molecule has 3 nitrogen and oxygen atoms in total. The Hall–Kier alpha value is -2.33. The van der Waals surface area contributed by atoms with E-state index in [1.165, 1.54) is 12.5 Å². The van der Waals surface area contributed by atoms with Gasteiger partial charge in [-0.2, -0.15) is 0 Å². The Morgan fingerprint density at radius 2 is 1.71 bits per heavy atom. The zero-order valence-corrected chi connectivity index (χ0v) is 14.6. The van der Waals surface area contributed by atoms with Crippen LogP contribution in [0.5, 0.6) is 0 Å². The van der Waals surface area contributed by atoms with Crippen LogP contribution in [0.2, 0.25) is 0 Å². The molecule has 0 unspecified atom stereocenters. The monoisotopic (exact) mass is 340 g/mol. The molecule has 0 saturated carbocycles. The van der Waals surface area contributed by atoms with Crippen LogP contribution in [-0.4, -0.2) is 18.4 Å². The Morgan fingerprint density at radius 1 is 1.04 bits per heavy atom. The second-order valence-corrected chi connectivity index (χ2v) is 6.16. The van der Waals surface area contributed by atoms with Crippen molar-refractivity contribution in [1.29, 1.82) is 0 Å². The fourth-order valence-electron chi connectivity index (χ4n) is 2.14. The molecule has 0 aliphatic carbocycles. The molecule has 0 saturated heterocycles. The van der Waals surface area contributed by atoms with Crippen molar-refractivity contribution in [3.63, 3.8) is 0 Å². The molecular formula is C20H20O3S. The van der Waals surface area contributed by atoms with Crippen LogP contribution in [0.15, 0.2) is 65.1 Å². The summed E-state index contributed by atoms with van der Waals surface area (Å²) in [5.41, 5.74) is 2.14. The topological polar surface area (TPSA) is 43.4 Å². The van der Waals surface area contributed by atoms with Crippen LogP contribution in [0, 0.1) is 0 Å². The van der Waals surface area contributed by atoms with Gasteiger partial charge in [0.1, 0.15) is 5.57 Å². The van der Waals surface area contributed by atoms with E-state index in [1.54, 1.807) is 24.8 Å². The predicted molar refractivity (Wildman–Crippen MR) is 97.7 cm³/mol. The summed E-state index contributed by atoms with van der Waals surface area (Å²) in [6.07, 6.45) is 1.62. The number of carbonyl (C=O) groups excluding carboxylic acids is 2. The van der Waals surface area contributed by atoms with E-state index in [0.29, 0.717) is 0 Å². The molecule has 0 fully saturated rings. The Labute approximate surface area is 146 Å². The number of carbonyl (C=O) groups is 2. The quantitative estimate of drug-likeness (QED) is 0.244. The van der Waals surface area contributed by atoms with Gasteiger partial charge >= 0.3 is 5.97 Å². The highest BCUT2D eigenvalue weighted by atomic mass is 32.2. The van der Waals surface area contributed by atoms with Crippen LogP contribution in [0.25, 0.3) is 6.08 Å². The van der Waals surface area contributed by atoms with Gasteiger partial charge in [-0.25, -0.2) is 4.79 Å². The minimum Gasteiger partial charge on any atom is -0.462 e. The summed E-state index contributed by atoms with van der Waals surface area (Å²) in [6, 6.07) is 17.9. The van der Waals surface area contributed by atoms with Gasteiger partial charge in [-0.1, -0.05) is 48.5 Å². The Balaban J connectivity index is 2.25. The maximum atomic E-state index is 12.0. The van der Waals surface area contributed by atoms with E-state index < -0.39 is 5.97 Å². The van der Waals surface area contributed by atoms with E-state index in [9.17, 15) is 9.59 Å². The minimum absolute atomic E-state index is 0.0737. The fraction of sp³-hybridized carbons (Fsp3) is 0.200. The number of rotatable bonds is 7.